The molecule has 0 aliphatic carbocycles. The Morgan fingerprint density at radius 1 is 1.57 bits per heavy atom. The van der Waals surface area contributed by atoms with Crippen LogP contribution in [-0.2, 0) is 4.75 Å². The van der Waals surface area contributed by atoms with Crippen LogP contribution in [0.25, 0.3) is 0 Å². The first kappa shape index (κ1) is 9.80. The average molecular weight is 226 g/mol. The molecule has 0 saturated heterocycles. The average Bonchev–Trinajstić information content (AvgIpc) is 2.71. The van der Waals surface area contributed by atoms with Crippen LogP contribution in [0.5, 0.6) is 0 Å². The summed E-state index contributed by atoms with van der Waals surface area (Å²) in [6.45, 7) is 2.15. The van der Waals surface area contributed by atoms with Crippen molar-refractivity contribution in [1.29, 1.82) is 0 Å². The fraction of sp³-hybridized carbons (Fsp3) is 0.300. The third-order valence-corrected chi connectivity index (χ3v) is 4.97. The highest BCUT2D eigenvalue weighted by molar-refractivity contribution is 8.03. The molecule has 1 N–H and O–H groups in total. The number of hydrogen-bond acceptors (Lipinski definition) is 3. The van der Waals surface area contributed by atoms with Gasteiger partial charge in [-0.25, -0.2) is 4.79 Å². The van der Waals surface area contributed by atoms with Gasteiger partial charge in [-0.05, 0) is 30.9 Å². The van der Waals surface area contributed by atoms with Crippen LogP contribution in [-0.4, -0.2) is 11.1 Å². The molecule has 0 aromatic carbocycles. The number of carbonyl (C=O) groups is 1. The Bertz CT molecular complexity index is 385. The minimum Gasteiger partial charge on any atom is -0.477 e. The molecule has 74 valence electrons. The first-order chi connectivity index (χ1) is 6.62. The van der Waals surface area contributed by atoms with Gasteiger partial charge in [0.15, 0.2) is 0 Å². The third kappa shape index (κ3) is 1.60. The lowest BCUT2D eigenvalue weighted by Gasteiger charge is -2.20. The Morgan fingerprint density at radius 2 is 2.36 bits per heavy atom. The molecule has 1 unspecified atom stereocenters. The zero-order valence-electron chi connectivity index (χ0n) is 7.69. The quantitative estimate of drug-likeness (QED) is 0.840. The van der Waals surface area contributed by atoms with Crippen molar-refractivity contribution in [2.45, 2.75) is 18.1 Å². The highest BCUT2D eigenvalue weighted by Crippen LogP contribution is 2.47. The molecule has 2 heterocycles. The molecule has 14 heavy (non-hydrogen) atoms. The summed E-state index contributed by atoms with van der Waals surface area (Å²) in [4.78, 5) is 12.3. The molecule has 1 atom stereocenters. The van der Waals surface area contributed by atoms with Gasteiger partial charge in [0.1, 0.15) is 4.88 Å². The molecule has 1 aromatic rings. The van der Waals surface area contributed by atoms with Crippen LogP contribution < -0.4 is 0 Å². The van der Waals surface area contributed by atoms with Crippen LogP contribution in [0.15, 0.2) is 23.6 Å². The predicted octanol–water partition coefficient (Wildman–Crippen LogP) is 3.31. The van der Waals surface area contributed by atoms with Crippen LogP contribution in [0, 0.1) is 0 Å². The van der Waals surface area contributed by atoms with Gasteiger partial charge in [-0.2, -0.15) is 0 Å². The van der Waals surface area contributed by atoms with E-state index >= 15 is 0 Å². The van der Waals surface area contributed by atoms with Gasteiger partial charge in [-0.3, -0.25) is 0 Å². The van der Waals surface area contributed by atoms with Crippen LogP contribution in [0.2, 0.25) is 0 Å². The lowest BCUT2D eigenvalue weighted by molar-refractivity contribution is 0.0702. The lowest BCUT2D eigenvalue weighted by Crippen LogP contribution is -2.10. The van der Waals surface area contributed by atoms with E-state index in [2.05, 4.69) is 18.4 Å². The van der Waals surface area contributed by atoms with Crippen LogP contribution in [0.4, 0.5) is 0 Å². The van der Waals surface area contributed by atoms with E-state index in [-0.39, 0.29) is 4.75 Å². The van der Waals surface area contributed by atoms with Crippen molar-refractivity contribution in [3.05, 3.63) is 33.4 Å². The largest absolute Gasteiger partial charge is 0.477 e. The van der Waals surface area contributed by atoms with Crippen molar-refractivity contribution in [1.82, 2.24) is 0 Å². The van der Waals surface area contributed by atoms with Crippen molar-refractivity contribution in [3.63, 3.8) is 0 Å². The van der Waals surface area contributed by atoms with Crippen molar-refractivity contribution in [2.24, 2.45) is 0 Å². The van der Waals surface area contributed by atoms with Crippen molar-refractivity contribution >= 4 is 29.1 Å². The van der Waals surface area contributed by atoms with E-state index in [0.29, 0.717) is 4.88 Å². The Morgan fingerprint density at radius 3 is 2.86 bits per heavy atom. The molecule has 0 bridgehead atoms. The van der Waals surface area contributed by atoms with E-state index < -0.39 is 5.97 Å². The van der Waals surface area contributed by atoms with E-state index in [9.17, 15) is 4.79 Å². The zero-order chi connectivity index (χ0) is 10.2. The number of allylic oxidation sites excluding steroid dienone is 1. The predicted molar refractivity (Wildman–Crippen MR) is 60.0 cm³/mol. The Kier molecular flexibility index (Phi) is 2.41. The van der Waals surface area contributed by atoms with Gasteiger partial charge in [0, 0.05) is 4.88 Å². The van der Waals surface area contributed by atoms with E-state index in [4.69, 9.17) is 5.11 Å². The molecular formula is C10H10O2S2. The maximum atomic E-state index is 10.7. The number of aromatic carboxylic acids is 1. The minimum atomic E-state index is -0.833. The second-order valence-electron chi connectivity index (χ2n) is 3.39. The van der Waals surface area contributed by atoms with Gasteiger partial charge >= 0.3 is 5.97 Å². The molecule has 0 amide bonds. The Balaban J connectivity index is 2.29. The van der Waals surface area contributed by atoms with Crippen molar-refractivity contribution < 1.29 is 9.90 Å². The second-order valence-corrected chi connectivity index (χ2v) is 5.89. The molecule has 1 aliphatic heterocycles. The summed E-state index contributed by atoms with van der Waals surface area (Å²) in [5.41, 5.74) is 0. The molecule has 4 heteroatoms. The molecular weight excluding hydrogens is 216 g/mol. The summed E-state index contributed by atoms with van der Waals surface area (Å²) in [5, 5.41) is 10.9. The molecule has 1 aromatic heterocycles. The van der Waals surface area contributed by atoms with Gasteiger partial charge in [0.05, 0.1) is 4.75 Å². The van der Waals surface area contributed by atoms with E-state index in [1.165, 1.54) is 11.3 Å². The standard InChI is InChI=1S/C10H10O2S2/c1-10(5-2-6-13-10)8-4-3-7(14-8)9(11)12/h2-4,6H,5H2,1H3,(H,11,12). The van der Waals surface area contributed by atoms with Gasteiger partial charge in [-0.1, -0.05) is 6.08 Å². The number of thiophene rings is 1. The molecule has 1 aliphatic rings. The van der Waals surface area contributed by atoms with E-state index in [0.717, 1.165) is 11.3 Å². The molecule has 0 radical (unpaired) electrons. The Labute approximate surface area is 90.6 Å². The summed E-state index contributed by atoms with van der Waals surface area (Å²) >= 11 is 3.14. The van der Waals surface area contributed by atoms with Gasteiger partial charge in [-0.15, -0.1) is 23.1 Å². The summed E-state index contributed by atoms with van der Waals surface area (Å²) < 4.78 is 0.0539. The maximum Gasteiger partial charge on any atom is 0.345 e. The monoisotopic (exact) mass is 226 g/mol. The molecule has 0 fully saturated rings. The summed E-state index contributed by atoms with van der Waals surface area (Å²) in [6.07, 6.45) is 3.11. The van der Waals surface area contributed by atoms with E-state index in [1.807, 2.05) is 6.07 Å². The number of rotatable bonds is 2. The fourth-order valence-corrected chi connectivity index (χ4v) is 3.45. The summed E-state index contributed by atoms with van der Waals surface area (Å²) in [7, 11) is 0. The molecule has 0 spiro atoms. The first-order valence-corrected chi connectivity index (χ1v) is 5.98. The van der Waals surface area contributed by atoms with Gasteiger partial charge in [0.2, 0.25) is 0 Å². The maximum absolute atomic E-state index is 10.7. The van der Waals surface area contributed by atoms with Crippen molar-refractivity contribution in [2.75, 3.05) is 0 Å². The summed E-state index contributed by atoms with van der Waals surface area (Å²) in [5.74, 6) is -0.833. The number of hydrogen-bond donors (Lipinski definition) is 1. The zero-order valence-corrected chi connectivity index (χ0v) is 9.32. The van der Waals surface area contributed by atoms with Gasteiger partial charge < -0.3 is 5.11 Å². The van der Waals surface area contributed by atoms with Crippen LogP contribution in [0.3, 0.4) is 0 Å². The smallest absolute Gasteiger partial charge is 0.345 e. The number of carboxylic acids is 1. The number of carboxylic acid groups (broad SMARTS) is 1. The normalized spacial score (nSPS) is 25.5. The highest BCUT2D eigenvalue weighted by Gasteiger charge is 2.30. The van der Waals surface area contributed by atoms with Crippen LogP contribution >= 0.6 is 23.1 Å². The molecule has 0 saturated carbocycles. The lowest BCUT2D eigenvalue weighted by atomic mass is 10.1. The molecule has 2 rings (SSSR count). The fourth-order valence-electron chi connectivity index (χ4n) is 1.42. The SMILES string of the molecule is CC1(c2ccc(C(=O)O)s2)CC=CS1. The first-order valence-electron chi connectivity index (χ1n) is 4.28. The summed E-state index contributed by atoms with van der Waals surface area (Å²) in [6, 6.07) is 3.61. The van der Waals surface area contributed by atoms with Gasteiger partial charge in [0.25, 0.3) is 0 Å². The van der Waals surface area contributed by atoms with E-state index in [1.54, 1.807) is 17.8 Å². The van der Waals surface area contributed by atoms with Crippen LogP contribution in [0.1, 0.15) is 27.9 Å². The number of thioether (sulfide) groups is 1. The third-order valence-electron chi connectivity index (χ3n) is 2.27. The topological polar surface area (TPSA) is 37.3 Å². The minimum absolute atomic E-state index is 0.0539. The molecule has 2 nitrogen and oxygen atoms in total. The van der Waals surface area contributed by atoms with Crippen molar-refractivity contribution in [3.8, 4) is 0 Å². The second kappa shape index (κ2) is 3.44. The Hall–Kier alpha value is -0.740. The highest BCUT2D eigenvalue weighted by atomic mass is 32.2.